The zero-order valence-corrected chi connectivity index (χ0v) is 8.66. The van der Waals surface area contributed by atoms with Crippen LogP contribution in [0.2, 0.25) is 0 Å². The van der Waals surface area contributed by atoms with Crippen molar-refractivity contribution in [2.24, 2.45) is 5.73 Å². The van der Waals surface area contributed by atoms with Crippen molar-refractivity contribution in [3.63, 3.8) is 0 Å². The van der Waals surface area contributed by atoms with Gasteiger partial charge in [0.1, 0.15) is 11.9 Å². The SMILES string of the molecule is CCC(C(N)=O)n1cnc2c1CNCN2. The Kier molecular flexibility index (Phi) is 2.59. The van der Waals surface area contributed by atoms with Crippen LogP contribution in [0.1, 0.15) is 25.1 Å². The zero-order valence-electron chi connectivity index (χ0n) is 8.66. The maximum Gasteiger partial charge on any atom is 0.240 e. The minimum atomic E-state index is -0.316. The summed E-state index contributed by atoms with van der Waals surface area (Å²) in [6.45, 7) is 3.36. The number of carbonyl (C=O) groups is 1. The quantitative estimate of drug-likeness (QED) is 0.643. The Bertz CT molecular complexity index is 373. The van der Waals surface area contributed by atoms with Crippen molar-refractivity contribution in [3.05, 3.63) is 12.0 Å². The molecule has 0 bridgehead atoms. The van der Waals surface area contributed by atoms with Gasteiger partial charge >= 0.3 is 0 Å². The number of nitrogens with zero attached hydrogens (tertiary/aromatic N) is 2. The number of carbonyl (C=O) groups excluding carboxylic acids is 1. The fourth-order valence-electron chi connectivity index (χ4n) is 1.84. The Balaban J connectivity index is 2.35. The summed E-state index contributed by atoms with van der Waals surface area (Å²) in [5.74, 6) is 0.525. The van der Waals surface area contributed by atoms with E-state index >= 15 is 0 Å². The maximum absolute atomic E-state index is 11.2. The topological polar surface area (TPSA) is 85.0 Å². The molecule has 1 aliphatic heterocycles. The second-order valence-electron chi connectivity index (χ2n) is 3.55. The summed E-state index contributed by atoms with van der Waals surface area (Å²) in [5.41, 5.74) is 6.34. The van der Waals surface area contributed by atoms with E-state index in [1.54, 1.807) is 6.33 Å². The van der Waals surface area contributed by atoms with Crippen LogP contribution in [0.3, 0.4) is 0 Å². The number of fused-ring (bicyclic) bond motifs is 1. The number of hydrogen-bond donors (Lipinski definition) is 3. The normalized spacial score (nSPS) is 16.6. The van der Waals surface area contributed by atoms with Crippen LogP contribution in [0.4, 0.5) is 5.82 Å². The summed E-state index contributed by atoms with van der Waals surface area (Å²) < 4.78 is 1.84. The van der Waals surface area contributed by atoms with Gasteiger partial charge in [0.25, 0.3) is 0 Å². The van der Waals surface area contributed by atoms with Crippen LogP contribution in [-0.2, 0) is 11.3 Å². The number of anilines is 1. The Morgan fingerprint density at radius 3 is 3.27 bits per heavy atom. The average Bonchev–Trinajstić information content (AvgIpc) is 2.63. The standard InChI is InChI=1S/C9H15N5O/c1-2-6(8(10)15)14-5-13-9-7(14)3-11-4-12-9/h5-6,11-12H,2-4H2,1H3,(H2,10,15). The van der Waals surface area contributed by atoms with E-state index in [0.717, 1.165) is 11.5 Å². The molecular formula is C9H15N5O. The highest BCUT2D eigenvalue weighted by Gasteiger charge is 2.22. The molecule has 4 N–H and O–H groups in total. The first-order valence-corrected chi connectivity index (χ1v) is 5.03. The molecule has 1 amide bonds. The van der Waals surface area contributed by atoms with Crippen molar-refractivity contribution in [2.45, 2.75) is 25.9 Å². The smallest absolute Gasteiger partial charge is 0.240 e. The molecule has 1 aromatic heterocycles. The predicted octanol–water partition coefficient (Wildman–Crippen LogP) is -0.208. The molecule has 1 aromatic rings. The number of nitrogens with one attached hydrogen (secondary N) is 2. The van der Waals surface area contributed by atoms with Gasteiger partial charge in [-0.15, -0.1) is 0 Å². The Morgan fingerprint density at radius 1 is 1.80 bits per heavy atom. The van der Waals surface area contributed by atoms with Crippen molar-refractivity contribution < 1.29 is 4.79 Å². The maximum atomic E-state index is 11.2. The first-order valence-electron chi connectivity index (χ1n) is 5.03. The molecule has 0 fully saturated rings. The molecule has 0 spiro atoms. The zero-order chi connectivity index (χ0) is 10.8. The Labute approximate surface area is 87.9 Å². The predicted molar refractivity (Wildman–Crippen MR) is 56.1 cm³/mol. The number of rotatable bonds is 3. The number of hydrogen-bond acceptors (Lipinski definition) is 4. The summed E-state index contributed by atoms with van der Waals surface area (Å²) >= 11 is 0. The van der Waals surface area contributed by atoms with Crippen LogP contribution in [0.15, 0.2) is 6.33 Å². The molecule has 1 aliphatic rings. The van der Waals surface area contributed by atoms with Gasteiger partial charge in [0.2, 0.25) is 5.91 Å². The van der Waals surface area contributed by atoms with Gasteiger partial charge in [-0.3, -0.25) is 10.1 Å². The largest absolute Gasteiger partial charge is 0.368 e. The highest BCUT2D eigenvalue weighted by molar-refractivity contribution is 5.78. The highest BCUT2D eigenvalue weighted by Crippen LogP contribution is 2.21. The highest BCUT2D eigenvalue weighted by atomic mass is 16.1. The van der Waals surface area contributed by atoms with Crippen molar-refractivity contribution in [3.8, 4) is 0 Å². The average molecular weight is 209 g/mol. The number of imidazole rings is 1. The lowest BCUT2D eigenvalue weighted by Gasteiger charge is -2.20. The molecule has 0 radical (unpaired) electrons. The molecule has 2 heterocycles. The van der Waals surface area contributed by atoms with Gasteiger partial charge in [0.05, 0.1) is 18.7 Å². The number of amides is 1. The molecule has 6 nitrogen and oxygen atoms in total. The molecular weight excluding hydrogens is 194 g/mol. The van der Waals surface area contributed by atoms with Crippen LogP contribution in [-0.4, -0.2) is 22.1 Å². The first kappa shape index (κ1) is 9.97. The summed E-state index contributed by atoms with van der Waals surface area (Å²) in [6, 6.07) is -0.303. The third kappa shape index (κ3) is 1.68. The summed E-state index contributed by atoms with van der Waals surface area (Å²) in [4.78, 5) is 15.5. The van der Waals surface area contributed by atoms with Crippen LogP contribution in [0.25, 0.3) is 0 Å². The van der Waals surface area contributed by atoms with E-state index < -0.39 is 0 Å². The van der Waals surface area contributed by atoms with Gasteiger partial charge in [-0.25, -0.2) is 4.98 Å². The van der Waals surface area contributed by atoms with E-state index in [1.165, 1.54) is 0 Å². The number of nitrogens with two attached hydrogens (primary N) is 1. The molecule has 1 unspecified atom stereocenters. The molecule has 82 valence electrons. The van der Waals surface area contributed by atoms with Crippen molar-refractivity contribution in [1.29, 1.82) is 0 Å². The summed E-state index contributed by atoms with van der Waals surface area (Å²) in [5, 5.41) is 6.27. The molecule has 2 rings (SSSR count). The van der Waals surface area contributed by atoms with Crippen molar-refractivity contribution in [2.75, 3.05) is 12.0 Å². The van der Waals surface area contributed by atoms with E-state index in [-0.39, 0.29) is 11.9 Å². The van der Waals surface area contributed by atoms with E-state index in [2.05, 4.69) is 15.6 Å². The minimum Gasteiger partial charge on any atom is -0.368 e. The lowest BCUT2D eigenvalue weighted by Crippen LogP contribution is -2.32. The number of primary amides is 1. The molecule has 0 aromatic carbocycles. The van der Waals surface area contributed by atoms with Gasteiger partial charge in [0, 0.05) is 6.54 Å². The second kappa shape index (κ2) is 3.90. The number of aromatic nitrogens is 2. The van der Waals surface area contributed by atoms with Crippen LogP contribution < -0.4 is 16.4 Å². The van der Waals surface area contributed by atoms with E-state index in [4.69, 9.17) is 5.73 Å². The first-order chi connectivity index (χ1) is 7.24. The summed E-state index contributed by atoms with van der Waals surface area (Å²) in [6.07, 6.45) is 2.35. The molecule has 0 aliphatic carbocycles. The fraction of sp³-hybridized carbons (Fsp3) is 0.556. The summed E-state index contributed by atoms with van der Waals surface area (Å²) in [7, 11) is 0. The van der Waals surface area contributed by atoms with Crippen molar-refractivity contribution in [1.82, 2.24) is 14.9 Å². The Morgan fingerprint density at radius 2 is 2.60 bits per heavy atom. The minimum absolute atomic E-state index is 0.303. The van der Waals surface area contributed by atoms with Crippen LogP contribution >= 0.6 is 0 Å². The van der Waals surface area contributed by atoms with Gasteiger partial charge in [-0.2, -0.15) is 0 Å². The molecule has 15 heavy (non-hydrogen) atoms. The van der Waals surface area contributed by atoms with Crippen LogP contribution in [0.5, 0.6) is 0 Å². The van der Waals surface area contributed by atoms with Gasteiger partial charge < -0.3 is 15.6 Å². The second-order valence-corrected chi connectivity index (χ2v) is 3.55. The molecule has 0 saturated carbocycles. The third-order valence-electron chi connectivity index (χ3n) is 2.62. The lowest BCUT2D eigenvalue weighted by atomic mass is 10.2. The van der Waals surface area contributed by atoms with Gasteiger partial charge in [-0.1, -0.05) is 6.92 Å². The molecule has 0 saturated heterocycles. The van der Waals surface area contributed by atoms with Gasteiger partial charge in [-0.05, 0) is 6.42 Å². The van der Waals surface area contributed by atoms with E-state index in [9.17, 15) is 4.79 Å². The lowest BCUT2D eigenvalue weighted by molar-refractivity contribution is -0.121. The third-order valence-corrected chi connectivity index (χ3v) is 2.62. The Hall–Kier alpha value is -1.56. The molecule has 1 atom stereocenters. The van der Waals surface area contributed by atoms with Crippen molar-refractivity contribution >= 4 is 11.7 Å². The van der Waals surface area contributed by atoms with E-state index in [0.29, 0.717) is 19.6 Å². The monoisotopic (exact) mass is 209 g/mol. The van der Waals surface area contributed by atoms with E-state index in [1.807, 2.05) is 11.5 Å². The van der Waals surface area contributed by atoms with Gasteiger partial charge in [0.15, 0.2) is 0 Å². The fourth-order valence-corrected chi connectivity index (χ4v) is 1.84. The molecule has 6 heteroatoms. The van der Waals surface area contributed by atoms with Crippen LogP contribution in [0, 0.1) is 0 Å².